The normalized spacial score (nSPS) is 14.4. The fourth-order valence-corrected chi connectivity index (χ4v) is 4.66. The third kappa shape index (κ3) is 5.88. The molecule has 33 heavy (non-hydrogen) atoms. The van der Waals surface area contributed by atoms with Crippen molar-refractivity contribution in [3.05, 3.63) is 54.6 Å². The summed E-state index contributed by atoms with van der Waals surface area (Å²) >= 11 is 0. The molecule has 1 aromatic carbocycles. The first kappa shape index (κ1) is 22.7. The van der Waals surface area contributed by atoms with E-state index in [-0.39, 0.29) is 0 Å². The van der Waals surface area contributed by atoms with Gasteiger partial charge in [0.15, 0.2) is 9.84 Å². The molecule has 0 radical (unpaired) electrons. The second kappa shape index (κ2) is 10.0. The zero-order valence-corrected chi connectivity index (χ0v) is 19.4. The summed E-state index contributed by atoms with van der Waals surface area (Å²) in [7, 11) is -3.25. The number of benzene rings is 1. The zero-order valence-electron chi connectivity index (χ0n) is 18.6. The van der Waals surface area contributed by atoms with Gasteiger partial charge in [-0.25, -0.2) is 23.4 Å². The highest BCUT2D eigenvalue weighted by Gasteiger charge is 2.16. The molecule has 1 fully saturated rings. The molecule has 8 heteroatoms. The third-order valence-corrected chi connectivity index (χ3v) is 6.99. The van der Waals surface area contributed by atoms with Crippen LogP contribution in [0.1, 0.15) is 37.8 Å². The number of hydrogen-bond acceptors (Lipinski definition) is 7. The summed E-state index contributed by atoms with van der Waals surface area (Å²) in [4.78, 5) is 13.3. The van der Waals surface area contributed by atoms with Crippen LogP contribution in [-0.4, -0.2) is 36.2 Å². The van der Waals surface area contributed by atoms with Gasteiger partial charge in [-0.3, -0.25) is 0 Å². The predicted molar refractivity (Wildman–Crippen MR) is 131 cm³/mol. The first-order chi connectivity index (χ1) is 15.9. The first-order valence-corrected chi connectivity index (χ1v) is 12.9. The van der Waals surface area contributed by atoms with Gasteiger partial charge in [-0.1, -0.05) is 31.4 Å². The molecule has 2 N–H and O–H groups in total. The number of hydrogen-bond donors (Lipinski definition) is 2. The lowest BCUT2D eigenvalue weighted by atomic mass is 9.89. The van der Waals surface area contributed by atoms with Crippen LogP contribution in [0.3, 0.4) is 0 Å². The van der Waals surface area contributed by atoms with Crippen LogP contribution in [0.15, 0.2) is 53.8 Å². The largest absolute Gasteiger partial charge is 0.384 e. The molecule has 2 aromatic heterocycles. The smallest absolute Gasteiger partial charge is 0.175 e. The highest BCUT2D eigenvalue weighted by molar-refractivity contribution is 7.90. The van der Waals surface area contributed by atoms with Crippen LogP contribution in [0.25, 0.3) is 11.1 Å². The average molecular weight is 462 g/mol. The van der Waals surface area contributed by atoms with Crippen molar-refractivity contribution in [1.82, 2.24) is 15.0 Å². The van der Waals surface area contributed by atoms with Crippen molar-refractivity contribution in [1.29, 1.82) is 0 Å². The van der Waals surface area contributed by atoms with Gasteiger partial charge in [-0.05, 0) is 42.4 Å². The van der Waals surface area contributed by atoms with Crippen molar-refractivity contribution < 1.29 is 8.42 Å². The lowest BCUT2D eigenvalue weighted by molar-refractivity contribution is 0.373. The maximum atomic E-state index is 11.8. The quantitative estimate of drug-likeness (QED) is 0.494. The molecule has 0 aliphatic heterocycles. The van der Waals surface area contributed by atoms with Crippen molar-refractivity contribution in [3.8, 4) is 23.5 Å². The Hall–Kier alpha value is -3.44. The molecule has 1 aliphatic carbocycles. The summed E-state index contributed by atoms with van der Waals surface area (Å²) < 4.78 is 23.7. The number of terminal acetylenes is 1. The van der Waals surface area contributed by atoms with Crippen molar-refractivity contribution in [2.45, 2.75) is 37.0 Å². The minimum atomic E-state index is -3.25. The minimum absolute atomic E-state index is 0.295. The Morgan fingerprint density at radius 1 is 1.00 bits per heavy atom. The second-order valence-electron chi connectivity index (χ2n) is 8.35. The fourth-order valence-electron chi connectivity index (χ4n) is 4.03. The number of anilines is 3. The van der Waals surface area contributed by atoms with Gasteiger partial charge in [0.1, 0.15) is 17.3 Å². The van der Waals surface area contributed by atoms with Crippen molar-refractivity contribution in [2.75, 3.05) is 23.4 Å². The number of aromatic nitrogens is 3. The molecule has 7 nitrogen and oxygen atoms in total. The van der Waals surface area contributed by atoms with Gasteiger partial charge < -0.3 is 10.6 Å². The molecule has 0 bridgehead atoms. The molecule has 3 aromatic rings. The van der Waals surface area contributed by atoms with E-state index in [4.69, 9.17) is 6.42 Å². The standard InChI is InChI=1S/C25H27N5O2S/c1-3-20-15-28-25(17-26-20)30-24-13-23(27-14-18-7-5-4-6-8-18)22(16-29-24)19-9-11-21(12-10-19)33(2,31)32/h1,9-13,15-18H,4-8,14H2,2H3,(H2,27,28,29,30). The van der Waals surface area contributed by atoms with E-state index in [1.807, 2.05) is 18.2 Å². The van der Waals surface area contributed by atoms with E-state index < -0.39 is 9.84 Å². The molecule has 2 heterocycles. The average Bonchev–Trinajstić information content (AvgIpc) is 2.83. The number of pyridine rings is 1. The van der Waals surface area contributed by atoms with E-state index in [9.17, 15) is 8.42 Å². The number of nitrogens with zero attached hydrogens (tertiary/aromatic N) is 3. The van der Waals surface area contributed by atoms with Gasteiger partial charge in [-0.15, -0.1) is 6.42 Å². The third-order valence-electron chi connectivity index (χ3n) is 5.86. The van der Waals surface area contributed by atoms with Gasteiger partial charge >= 0.3 is 0 Å². The molecular weight excluding hydrogens is 434 g/mol. The molecule has 0 atom stereocenters. The van der Waals surface area contributed by atoms with Crippen LogP contribution < -0.4 is 10.6 Å². The van der Waals surface area contributed by atoms with Gasteiger partial charge in [0.2, 0.25) is 0 Å². The summed E-state index contributed by atoms with van der Waals surface area (Å²) in [6.07, 6.45) is 17.8. The maximum Gasteiger partial charge on any atom is 0.175 e. The van der Waals surface area contributed by atoms with E-state index in [0.717, 1.165) is 23.4 Å². The van der Waals surface area contributed by atoms with Crippen LogP contribution in [0.5, 0.6) is 0 Å². The first-order valence-electron chi connectivity index (χ1n) is 11.0. The molecular formula is C25H27N5O2S. The minimum Gasteiger partial charge on any atom is -0.384 e. The summed E-state index contributed by atoms with van der Waals surface area (Å²) in [6, 6.07) is 8.83. The zero-order chi connectivity index (χ0) is 23.3. The predicted octanol–water partition coefficient (Wildman–Crippen LogP) is 4.66. The van der Waals surface area contributed by atoms with E-state index in [1.54, 1.807) is 24.5 Å². The SMILES string of the molecule is C#Cc1cnc(Nc2cc(NCC3CCCCC3)c(-c3ccc(S(C)(=O)=O)cc3)cn2)cn1. The summed E-state index contributed by atoms with van der Waals surface area (Å²) in [5, 5.41) is 6.78. The summed E-state index contributed by atoms with van der Waals surface area (Å²) in [5.41, 5.74) is 3.20. The Morgan fingerprint density at radius 3 is 2.36 bits per heavy atom. The van der Waals surface area contributed by atoms with Gasteiger partial charge in [0, 0.05) is 36.3 Å². The van der Waals surface area contributed by atoms with Gasteiger partial charge in [0.25, 0.3) is 0 Å². The van der Waals surface area contributed by atoms with E-state index in [2.05, 4.69) is 31.5 Å². The van der Waals surface area contributed by atoms with Crippen LogP contribution in [-0.2, 0) is 9.84 Å². The van der Waals surface area contributed by atoms with Gasteiger partial charge in [0.05, 0.1) is 17.3 Å². The lowest BCUT2D eigenvalue weighted by Gasteiger charge is -2.23. The molecule has 4 rings (SSSR count). The fraction of sp³-hybridized carbons (Fsp3) is 0.320. The Morgan fingerprint density at radius 2 is 1.73 bits per heavy atom. The number of nitrogens with one attached hydrogen (secondary N) is 2. The Bertz CT molecular complexity index is 1240. The Labute approximate surface area is 195 Å². The molecule has 0 amide bonds. The monoisotopic (exact) mass is 461 g/mol. The topological polar surface area (TPSA) is 96.9 Å². The Kier molecular flexibility index (Phi) is 6.90. The Balaban J connectivity index is 1.61. The summed E-state index contributed by atoms with van der Waals surface area (Å²) in [6.45, 7) is 0.883. The highest BCUT2D eigenvalue weighted by atomic mass is 32.2. The van der Waals surface area contributed by atoms with Crippen LogP contribution in [0.4, 0.5) is 17.3 Å². The lowest BCUT2D eigenvalue weighted by Crippen LogP contribution is -2.17. The van der Waals surface area contributed by atoms with Crippen molar-refractivity contribution >= 4 is 27.2 Å². The van der Waals surface area contributed by atoms with E-state index in [0.29, 0.717) is 28.1 Å². The number of rotatable bonds is 7. The highest BCUT2D eigenvalue weighted by Crippen LogP contribution is 2.32. The molecule has 170 valence electrons. The molecule has 0 unspecified atom stereocenters. The van der Waals surface area contributed by atoms with Crippen LogP contribution in [0.2, 0.25) is 0 Å². The van der Waals surface area contributed by atoms with E-state index >= 15 is 0 Å². The van der Waals surface area contributed by atoms with Crippen molar-refractivity contribution in [2.24, 2.45) is 5.92 Å². The molecule has 1 saturated carbocycles. The van der Waals surface area contributed by atoms with Crippen molar-refractivity contribution in [3.63, 3.8) is 0 Å². The van der Waals surface area contributed by atoms with Gasteiger partial charge in [-0.2, -0.15) is 0 Å². The molecule has 0 spiro atoms. The number of sulfone groups is 1. The van der Waals surface area contributed by atoms with Crippen LogP contribution in [0, 0.1) is 18.3 Å². The summed E-state index contributed by atoms with van der Waals surface area (Å²) in [5.74, 6) is 4.27. The maximum absolute atomic E-state index is 11.8. The molecule has 1 aliphatic rings. The molecule has 0 saturated heterocycles. The van der Waals surface area contributed by atoms with Crippen LogP contribution >= 0.6 is 0 Å². The van der Waals surface area contributed by atoms with E-state index in [1.165, 1.54) is 44.6 Å². The second-order valence-corrected chi connectivity index (χ2v) is 10.4.